The number of benzene rings is 1. The molecule has 1 aromatic carbocycles. The van der Waals surface area contributed by atoms with Gasteiger partial charge in [-0.2, -0.15) is 5.26 Å². The molecule has 2 aliphatic heterocycles. The molecule has 2 amide bonds. The number of hydrogen-bond acceptors (Lipinski definition) is 13. The third-order valence-electron chi connectivity index (χ3n) is 9.09. The van der Waals surface area contributed by atoms with Crippen molar-refractivity contribution in [1.29, 1.82) is 5.26 Å². The molecule has 50 heavy (non-hydrogen) atoms. The minimum Gasteiger partial charge on any atom is -0.430 e. The highest BCUT2D eigenvalue weighted by Crippen LogP contribution is 2.34. The van der Waals surface area contributed by atoms with E-state index in [4.69, 9.17) is 19.3 Å². The number of amides is 2. The van der Waals surface area contributed by atoms with Crippen LogP contribution in [-0.4, -0.2) is 92.1 Å². The Balaban J connectivity index is 1.53. The quantitative estimate of drug-likeness (QED) is 0.176. The van der Waals surface area contributed by atoms with Crippen LogP contribution in [0.4, 0.5) is 10.6 Å². The van der Waals surface area contributed by atoms with Gasteiger partial charge >= 0.3 is 6.16 Å². The number of rotatable bonds is 13. The molecule has 4 rings (SSSR count). The molecular formula is C34H45N5O9S2. The van der Waals surface area contributed by atoms with Crippen LogP contribution < -0.4 is 10.2 Å². The fourth-order valence-electron chi connectivity index (χ4n) is 6.13. The number of aldehydes is 1. The first-order valence-electron chi connectivity index (χ1n) is 16.6. The van der Waals surface area contributed by atoms with E-state index in [0.717, 1.165) is 18.1 Å². The van der Waals surface area contributed by atoms with Gasteiger partial charge in [-0.25, -0.2) is 13.2 Å². The van der Waals surface area contributed by atoms with Crippen molar-refractivity contribution in [2.75, 3.05) is 30.8 Å². The molecule has 0 spiro atoms. The second kappa shape index (κ2) is 16.7. The molecule has 0 aliphatic carbocycles. The van der Waals surface area contributed by atoms with Gasteiger partial charge < -0.3 is 33.9 Å². The van der Waals surface area contributed by atoms with Crippen LogP contribution in [0.5, 0.6) is 0 Å². The molecule has 3 heterocycles. The van der Waals surface area contributed by atoms with Crippen molar-refractivity contribution in [2.45, 2.75) is 89.3 Å². The van der Waals surface area contributed by atoms with Crippen LogP contribution >= 0.6 is 10.8 Å². The smallest absolute Gasteiger partial charge is 0.430 e. The van der Waals surface area contributed by atoms with E-state index < -0.39 is 62.3 Å². The van der Waals surface area contributed by atoms with E-state index in [1.54, 1.807) is 51.1 Å². The van der Waals surface area contributed by atoms with Crippen molar-refractivity contribution in [3.8, 4) is 6.07 Å². The van der Waals surface area contributed by atoms with Crippen molar-refractivity contribution in [3.05, 3.63) is 47.2 Å². The lowest BCUT2D eigenvalue weighted by Crippen LogP contribution is -2.48. The van der Waals surface area contributed by atoms with E-state index in [2.05, 4.69) is 16.5 Å². The van der Waals surface area contributed by atoms with E-state index in [0.29, 0.717) is 53.9 Å². The number of piperidine rings is 1. The number of carbonyl (C=O) groups is 4. The monoisotopic (exact) mass is 731 g/mol. The Morgan fingerprint density at radius 1 is 1.12 bits per heavy atom. The Labute approximate surface area is 296 Å². The maximum atomic E-state index is 14.4. The Hall–Kier alpha value is -4.10. The summed E-state index contributed by atoms with van der Waals surface area (Å²) in [6, 6.07) is 9.10. The van der Waals surface area contributed by atoms with Crippen molar-refractivity contribution < 1.29 is 41.6 Å². The molecule has 6 atom stereocenters. The number of nitrogens with one attached hydrogen (secondary N) is 1. The summed E-state index contributed by atoms with van der Waals surface area (Å²) >= 11 is 0. The number of carbonyl (C=O) groups excluding carboxylic acids is 4. The van der Waals surface area contributed by atoms with Crippen LogP contribution in [0.1, 0.15) is 82.7 Å². The van der Waals surface area contributed by atoms with Crippen LogP contribution in [0.2, 0.25) is 0 Å². The predicted molar refractivity (Wildman–Crippen MR) is 186 cm³/mol. The fraction of sp³-hybridized carbons (Fsp3) is 0.588. The highest BCUT2D eigenvalue weighted by Gasteiger charge is 2.45. The highest BCUT2D eigenvalue weighted by atomic mass is 33.1. The Morgan fingerprint density at radius 2 is 1.78 bits per heavy atom. The molecule has 2 fully saturated rings. The SMILES string of the molecule is CC(NC(=O)[C@@H]1C[C@@H](OC(=O)OC(C)C(C)SS(C)(=O)=O)CN1C(=O)C(c1cc(N2CCC(C=O)CC2)no1)C(C)C)c1ccc(C#N)cc1. The second-order valence-corrected chi connectivity index (χ2v) is 18.0. The van der Waals surface area contributed by atoms with Crippen LogP contribution in [0.25, 0.3) is 0 Å². The van der Waals surface area contributed by atoms with Crippen LogP contribution in [0, 0.1) is 23.2 Å². The molecule has 14 nitrogen and oxygen atoms in total. The molecule has 2 aromatic rings. The Morgan fingerprint density at radius 3 is 2.36 bits per heavy atom. The summed E-state index contributed by atoms with van der Waals surface area (Å²) in [5.74, 6) is -1.03. The van der Waals surface area contributed by atoms with E-state index in [1.807, 2.05) is 18.7 Å². The first-order valence-corrected chi connectivity index (χ1v) is 19.9. The molecular weight excluding hydrogens is 687 g/mol. The molecule has 0 saturated carbocycles. The topological polar surface area (TPSA) is 189 Å². The van der Waals surface area contributed by atoms with Gasteiger partial charge in [0, 0.05) is 37.8 Å². The molecule has 272 valence electrons. The van der Waals surface area contributed by atoms with Crippen LogP contribution in [0.15, 0.2) is 34.9 Å². The van der Waals surface area contributed by atoms with Gasteiger partial charge in [0.05, 0.1) is 29.5 Å². The van der Waals surface area contributed by atoms with E-state index in [1.165, 1.54) is 4.90 Å². The van der Waals surface area contributed by atoms with Gasteiger partial charge in [-0.05, 0) is 68.0 Å². The summed E-state index contributed by atoms with van der Waals surface area (Å²) in [6.07, 6.45) is 0.692. The van der Waals surface area contributed by atoms with Gasteiger partial charge in [0.2, 0.25) is 11.8 Å². The fourth-order valence-corrected chi connectivity index (χ4v) is 9.02. The third kappa shape index (κ3) is 10.00. The number of likely N-dealkylation sites (tertiary alicyclic amines) is 1. The average Bonchev–Trinajstić information content (AvgIpc) is 3.72. The van der Waals surface area contributed by atoms with E-state index in [-0.39, 0.29) is 24.8 Å². The highest BCUT2D eigenvalue weighted by molar-refractivity contribution is 8.72. The minimum atomic E-state index is -3.39. The number of ether oxygens (including phenoxy) is 2. The zero-order chi connectivity index (χ0) is 36.7. The standard InChI is InChI=1S/C34H45N5O9S2/c1-20(2)31(29-16-30(37-48-29)38-13-11-25(19-40)12-14-38)33(42)39-18-27(47-34(43)46-22(4)23(5)49-50(6,44)45)15-28(39)32(41)36-21(3)26-9-7-24(17-35)8-10-26/h7-10,16,19-23,25,27-28,31H,11-15,18H2,1-6H3,(H,36,41)/t21?,22?,23?,27-,28+,31?/m1/s1. The van der Waals surface area contributed by atoms with Gasteiger partial charge in [-0.3, -0.25) is 9.59 Å². The van der Waals surface area contributed by atoms with Gasteiger partial charge in [0.25, 0.3) is 0 Å². The Kier molecular flexibility index (Phi) is 13.0. The Bertz CT molecular complexity index is 1670. The van der Waals surface area contributed by atoms with Crippen molar-refractivity contribution in [2.24, 2.45) is 11.8 Å². The molecule has 1 N–H and O–H groups in total. The number of aromatic nitrogens is 1. The lowest BCUT2D eigenvalue weighted by molar-refractivity contribution is -0.141. The molecule has 2 aliphatic rings. The molecule has 4 unspecified atom stereocenters. The summed E-state index contributed by atoms with van der Waals surface area (Å²) in [4.78, 5) is 55.7. The number of hydrogen-bond donors (Lipinski definition) is 1. The van der Waals surface area contributed by atoms with E-state index in [9.17, 15) is 27.6 Å². The summed E-state index contributed by atoms with van der Waals surface area (Å²) in [7, 11) is -2.72. The molecule has 2 saturated heterocycles. The molecule has 16 heteroatoms. The number of anilines is 1. The van der Waals surface area contributed by atoms with Crippen molar-refractivity contribution >= 4 is 49.7 Å². The summed E-state index contributed by atoms with van der Waals surface area (Å²) in [5, 5.41) is 15.8. The van der Waals surface area contributed by atoms with Crippen LogP contribution in [-0.2, 0) is 32.7 Å². The molecule has 1 aromatic heterocycles. The maximum absolute atomic E-state index is 14.4. The molecule has 0 radical (unpaired) electrons. The van der Waals surface area contributed by atoms with Gasteiger partial charge in [-0.15, -0.1) is 0 Å². The second-order valence-electron chi connectivity index (χ2n) is 13.3. The minimum absolute atomic E-state index is 0.00548. The summed E-state index contributed by atoms with van der Waals surface area (Å²) in [5.41, 5.74) is 1.23. The van der Waals surface area contributed by atoms with Gasteiger partial charge in [0.1, 0.15) is 30.5 Å². The first kappa shape index (κ1) is 38.7. The summed E-state index contributed by atoms with van der Waals surface area (Å²) in [6.45, 7) is 9.84. The van der Waals surface area contributed by atoms with Crippen molar-refractivity contribution in [3.63, 3.8) is 0 Å². The van der Waals surface area contributed by atoms with Crippen molar-refractivity contribution in [1.82, 2.24) is 15.4 Å². The number of nitrogens with zero attached hydrogens (tertiary/aromatic N) is 4. The normalized spacial score (nSPS) is 20.8. The lowest BCUT2D eigenvalue weighted by Gasteiger charge is -2.30. The van der Waals surface area contributed by atoms with Gasteiger partial charge in [0.15, 0.2) is 20.4 Å². The largest absolute Gasteiger partial charge is 0.508 e. The lowest BCUT2D eigenvalue weighted by atomic mass is 9.91. The van der Waals surface area contributed by atoms with Crippen LogP contribution in [0.3, 0.4) is 0 Å². The number of nitriles is 1. The zero-order valence-corrected chi connectivity index (χ0v) is 30.7. The first-order chi connectivity index (χ1) is 23.6. The summed E-state index contributed by atoms with van der Waals surface area (Å²) < 4.78 is 40.1. The zero-order valence-electron chi connectivity index (χ0n) is 29.1. The molecule has 0 bridgehead atoms. The van der Waals surface area contributed by atoms with E-state index >= 15 is 0 Å². The average molecular weight is 732 g/mol. The third-order valence-corrected chi connectivity index (χ3v) is 12.1. The maximum Gasteiger partial charge on any atom is 0.508 e. The predicted octanol–water partition coefficient (Wildman–Crippen LogP) is 4.17. The van der Waals surface area contributed by atoms with Gasteiger partial charge in [-0.1, -0.05) is 31.1 Å².